The van der Waals surface area contributed by atoms with Gasteiger partial charge in [0, 0.05) is 20.2 Å². The molecule has 0 radical (unpaired) electrons. The van der Waals surface area contributed by atoms with Crippen LogP contribution in [0.4, 0.5) is 0 Å². The monoisotopic (exact) mass is 375 g/mol. The molecule has 2 fully saturated rings. The zero-order chi connectivity index (χ0) is 19.4. The molecule has 2 aliphatic rings. The molecule has 5 heteroatoms. The summed E-state index contributed by atoms with van der Waals surface area (Å²) in [5.41, 5.74) is 1.32. The van der Waals surface area contributed by atoms with E-state index >= 15 is 0 Å². The molecular formula is C22H33NO4. The molecule has 1 aromatic carbocycles. The highest BCUT2D eigenvalue weighted by molar-refractivity contribution is 5.14. The number of rotatable bonds is 9. The third kappa shape index (κ3) is 5.18. The number of nitrogens with zero attached hydrogens (tertiary/aromatic N) is 1. The van der Waals surface area contributed by atoms with Crippen molar-refractivity contribution in [2.45, 2.75) is 63.6 Å². The number of benzene rings is 1. The fourth-order valence-electron chi connectivity index (χ4n) is 4.23. The van der Waals surface area contributed by atoms with Crippen molar-refractivity contribution in [3.8, 4) is 0 Å². The number of allylic oxidation sites excluding steroid dienone is 1. The summed E-state index contributed by atoms with van der Waals surface area (Å²) in [7, 11) is 3.82. The van der Waals surface area contributed by atoms with Crippen molar-refractivity contribution in [3.05, 3.63) is 48.6 Å². The molecule has 2 aliphatic heterocycles. The summed E-state index contributed by atoms with van der Waals surface area (Å²) >= 11 is 0. The van der Waals surface area contributed by atoms with Crippen molar-refractivity contribution in [2.24, 2.45) is 5.92 Å². The zero-order valence-electron chi connectivity index (χ0n) is 17.0. The molecule has 5 nitrogen and oxygen atoms in total. The van der Waals surface area contributed by atoms with Gasteiger partial charge in [-0.25, -0.2) is 0 Å². The van der Waals surface area contributed by atoms with E-state index in [0.717, 1.165) is 25.9 Å². The van der Waals surface area contributed by atoms with Crippen LogP contribution >= 0.6 is 0 Å². The third-order valence-electron chi connectivity index (χ3n) is 5.27. The minimum atomic E-state index is -0.591. The second kappa shape index (κ2) is 8.84. The van der Waals surface area contributed by atoms with E-state index in [1.54, 1.807) is 7.11 Å². The van der Waals surface area contributed by atoms with Gasteiger partial charge in [-0.05, 0) is 45.2 Å². The maximum atomic E-state index is 6.13. The first kappa shape index (κ1) is 20.5. The lowest BCUT2D eigenvalue weighted by molar-refractivity contribution is -0.228. The van der Waals surface area contributed by atoms with E-state index in [1.807, 2.05) is 19.9 Å². The highest BCUT2D eigenvalue weighted by Gasteiger charge is 2.55. The van der Waals surface area contributed by atoms with Crippen LogP contribution in [0.15, 0.2) is 43.0 Å². The van der Waals surface area contributed by atoms with Gasteiger partial charge in [0.1, 0.15) is 12.2 Å². The van der Waals surface area contributed by atoms with Crippen molar-refractivity contribution in [3.63, 3.8) is 0 Å². The Bertz CT molecular complexity index is 606. The van der Waals surface area contributed by atoms with E-state index in [4.69, 9.17) is 18.9 Å². The average molecular weight is 376 g/mol. The molecule has 150 valence electrons. The van der Waals surface area contributed by atoms with E-state index in [9.17, 15) is 0 Å². The minimum absolute atomic E-state index is 0.0307. The second-order valence-electron chi connectivity index (χ2n) is 8.15. The Labute approximate surface area is 163 Å². The standard InChI is InChI=1S/C22H33NO4/c1-6-10-17(15-23(4)14-16-11-8-7-9-12-16)13-18-19-20(21(24-5)25-18)27-22(2,3)26-19/h6-9,11-12,17-21H,1,10,13-15H2,2-5H3/t17-,18+,19?,20-,21+/m0/s1. The molecular weight excluding hydrogens is 342 g/mol. The third-order valence-corrected chi connectivity index (χ3v) is 5.27. The summed E-state index contributed by atoms with van der Waals surface area (Å²) in [6.45, 7) is 9.75. The van der Waals surface area contributed by atoms with Crippen LogP contribution in [0.2, 0.25) is 0 Å². The predicted octanol–water partition coefficient (Wildman–Crippen LogP) is 3.59. The molecule has 0 N–H and O–H groups in total. The van der Waals surface area contributed by atoms with Crippen molar-refractivity contribution in [1.82, 2.24) is 4.90 Å². The number of fused-ring (bicyclic) bond motifs is 1. The van der Waals surface area contributed by atoms with Crippen LogP contribution in [0, 0.1) is 5.92 Å². The molecule has 0 amide bonds. The van der Waals surface area contributed by atoms with Crippen LogP contribution in [-0.4, -0.2) is 56.0 Å². The van der Waals surface area contributed by atoms with Gasteiger partial charge in [0.25, 0.3) is 0 Å². The number of hydrogen-bond donors (Lipinski definition) is 0. The molecule has 3 rings (SSSR count). The van der Waals surface area contributed by atoms with Crippen molar-refractivity contribution < 1.29 is 18.9 Å². The van der Waals surface area contributed by atoms with Gasteiger partial charge in [0.05, 0.1) is 6.10 Å². The van der Waals surface area contributed by atoms with E-state index in [-0.39, 0.29) is 24.6 Å². The maximum Gasteiger partial charge on any atom is 0.186 e. The summed E-state index contributed by atoms with van der Waals surface area (Å²) in [6.07, 6.45) is 3.18. The molecule has 5 atom stereocenters. The van der Waals surface area contributed by atoms with E-state index in [2.05, 4.69) is 48.9 Å². The molecule has 0 spiro atoms. The van der Waals surface area contributed by atoms with Gasteiger partial charge in [-0.3, -0.25) is 0 Å². The summed E-state index contributed by atoms with van der Waals surface area (Å²) in [4.78, 5) is 2.36. The first-order valence-corrected chi connectivity index (χ1v) is 9.79. The quantitative estimate of drug-likeness (QED) is 0.617. The number of ether oxygens (including phenoxy) is 4. The maximum absolute atomic E-state index is 6.13. The molecule has 27 heavy (non-hydrogen) atoms. The average Bonchev–Trinajstić information content (AvgIpc) is 3.09. The Balaban J connectivity index is 1.61. The van der Waals surface area contributed by atoms with Gasteiger partial charge in [0.15, 0.2) is 12.1 Å². The van der Waals surface area contributed by atoms with Crippen LogP contribution < -0.4 is 0 Å². The van der Waals surface area contributed by atoms with E-state index in [0.29, 0.717) is 5.92 Å². The second-order valence-corrected chi connectivity index (χ2v) is 8.15. The molecule has 0 aromatic heterocycles. The first-order valence-electron chi connectivity index (χ1n) is 9.79. The van der Waals surface area contributed by atoms with Gasteiger partial charge in [0.2, 0.25) is 0 Å². The zero-order valence-corrected chi connectivity index (χ0v) is 17.0. The highest BCUT2D eigenvalue weighted by Crippen LogP contribution is 2.41. The topological polar surface area (TPSA) is 40.2 Å². The van der Waals surface area contributed by atoms with Gasteiger partial charge < -0.3 is 23.8 Å². The number of hydrogen-bond acceptors (Lipinski definition) is 5. The molecule has 0 aliphatic carbocycles. The molecule has 1 unspecified atom stereocenters. The smallest absolute Gasteiger partial charge is 0.186 e. The fraction of sp³-hybridized carbons (Fsp3) is 0.636. The fourth-order valence-corrected chi connectivity index (χ4v) is 4.23. The molecule has 2 saturated heterocycles. The molecule has 0 bridgehead atoms. The van der Waals surface area contributed by atoms with Crippen molar-refractivity contribution >= 4 is 0 Å². The first-order chi connectivity index (χ1) is 12.9. The molecule has 1 aromatic rings. The SMILES string of the molecule is C=CC[C@@H](C[C@H]1O[C@@H](OC)[C@H]2OC(C)(C)OC12)CN(C)Cc1ccccc1. The van der Waals surface area contributed by atoms with Gasteiger partial charge in [-0.1, -0.05) is 36.4 Å². The summed E-state index contributed by atoms with van der Waals surface area (Å²) in [5.74, 6) is -0.156. The molecule has 0 saturated carbocycles. The lowest BCUT2D eigenvalue weighted by Crippen LogP contribution is -2.34. The Morgan fingerprint density at radius 1 is 1.22 bits per heavy atom. The van der Waals surface area contributed by atoms with Crippen LogP contribution in [0.3, 0.4) is 0 Å². The van der Waals surface area contributed by atoms with Crippen LogP contribution in [0.1, 0.15) is 32.3 Å². The van der Waals surface area contributed by atoms with Crippen LogP contribution in [0.5, 0.6) is 0 Å². The van der Waals surface area contributed by atoms with E-state index in [1.165, 1.54) is 5.56 Å². The van der Waals surface area contributed by atoms with E-state index < -0.39 is 5.79 Å². The van der Waals surface area contributed by atoms with Gasteiger partial charge in [-0.15, -0.1) is 6.58 Å². The molecule has 2 heterocycles. The largest absolute Gasteiger partial charge is 0.353 e. The van der Waals surface area contributed by atoms with Gasteiger partial charge >= 0.3 is 0 Å². The van der Waals surface area contributed by atoms with Crippen LogP contribution in [-0.2, 0) is 25.5 Å². The Kier molecular flexibility index (Phi) is 6.71. The Morgan fingerprint density at radius 2 is 1.93 bits per heavy atom. The predicted molar refractivity (Wildman–Crippen MR) is 105 cm³/mol. The van der Waals surface area contributed by atoms with Crippen molar-refractivity contribution in [2.75, 3.05) is 20.7 Å². The number of methoxy groups -OCH3 is 1. The Hall–Kier alpha value is -1.24. The normalized spacial score (nSPS) is 30.4. The minimum Gasteiger partial charge on any atom is -0.353 e. The summed E-state index contributed by atoms with van der Waals surface area (Å²) < 4.78 is 23.8. The van der Waals surface area contributed by atoms with Crippen molar-refractivity contribution in [1.29, 1.82) is 0 Å². The van der Waals surface area contributed by atoms with Crippen LogP contribution in [0.25, 0.3) is 0 Å². The lowest BCUT2D eigenvalue weighted by atomic mass is 9.94. The summed E-state index contributed by atoms with van der Waals surface area (Å²) in [5, 5.41) is 0. The van der Waals surface area contributed by atoms with Gasteiger partial charge in [-0.2, -0.15) is 0 Å². The Morgan fingerprint density at radius 3 is 2.59 bits per heavy atom. The summed E-state index contributed by atoms with van der Waals surface area (Å²) in [6, 6.07) is 10.6. The lowest BCUT2D eigenvalue weighted by Gasteiger charge is -2.28. The highest BCUT2D eigenvalue weighted by atomic mass is 16.8.